The van der Waals surface area contributed by atoms with Gasteiger partial charge in [-0.3, -0.25) is 9.59 Å². The third-order valence-corrected chi connectivity index (χ3v) is 7.37. The number of amides is 2. The lowest BCUT2D eigenvalue weighted by atomic mass is 10.1. The Morgan fingerprint density at radius 2 is 2.06 bits per heavy atom. The SMILES string of the molecule is Cc1[nH]c(CN2C(=O)Cc3cc(F)ccc32)c(C)c1C(=O)N[C@H]1CCN(CCS(C)(=O)=O)C1. The number of H-pyrrole nitrogens is 1. The molecule has 178 valence electrons. The summed E-state index contributed by atoms with van der Waals surface area (Å²) in [5.74, 6) is -0.542. The van der Waals surface area contributed by atoms with Crippen LogP contribution in [0.25, 0.3) is 0 Å². The van der Waals surface area contributed by atoms with Crippen LogP contribution in [-0.2, 0) is 27.6 Å². The molecular formula is C23H29FN4O4S. The number of sulfone groups is 1. The molecule has 2 aromatic rings. The average molecular weight is 477 g/mol. The number of nitrogens with zero attached hydrogens (tertiary/aromatic N) is 2. The maximum Gasteiger partial charge on any atom is 0.253 e. The first kappa shape index (κ1) is 23.4. The van der Waals surface area contributed by atoms with E-state index in [9.17, 15) is 22.4 Å². The summed E-state index contributed by atoms with van der Waals surface area (Å²) >= 11 is 0. The molecule has 0 radical (unpaired) electrons. The van der Waals surface area contributed by atoms with Crippen LogP contribution in [0, 0.1) is 19.7 Å². The first-order valence-electron chi connectivity index (χ1n) is 11.0. The van der Waals surface area contributed by atoms with E-state index in [-0.39, 0.29) is 42.4 Å². The first-order chi connectivity index (χ1) is 15.5. The first-order valence-corrected chi connectivity index (χ1v) is 13.1. The van der Waals surface area contributed by atoms with Crippen LogP contribution < -0.4 is 10.2 Å². The maximum atomic E-state index is 13.5. The third-order valence-electron chi connectivity index (χ3n) is 6.45. The van der Waals surface area contributed by atoms with Crippen LogP contribution in [0.4, 0.5) is 10.1 Å². The molecule has 2 aliphatic rings. The zero-order valence-electron chi connectivity index (χ0n) is 19.1. The van der Waals surface area contributed by atoms with Gasteiger partial charge in [0.1, 0.15) is 15.7 Å². The molecule has 0 bridgehead atoms. The molecule has 1 aromatic carbocycles. The standard InChI is InChI=1S/C23H29FN4O4S/c1-14-19(13-28-20-5-4-17(24)10-16(20)11-21(28)29)25-15(2)22(14)23(30)26-18-6-7-27(12-18)8-9-33(3,31)32/h4-5,10,18,25H,6-9,11-13H2,1-3H3,(H,26,30)/t18-/m0/s1. The number of aromatic amines is 1. The number of benzene rings is 1. The molecule has 2 amide bonds. The lowest BCUT2D eigenvalue weighted by molar-refractivity contribution is -0.117. The lowest BCUT2D eigenvalue weighted by Gasteiger charge is -2.18. The van der Waals surface area contributed by atoms with Crippen molar-refractivity contribution in [2.75, 3.05) is 36.5 Å². The van der Waals surface area contributed by atoms with Crippen LogP contribution >= 0.6 is 0 Å². The Balaban J connectivity index is 1.43. The van der Waals surface area contributed by atoms with Gasteiger partial charge in [0.2, 0.25) is 5.91 Å². The second-order valence-electron chi connectivity index (χ2n) is 9.05. The minimum absolute atomic E-state index is 0.0452. The van der Waals surface area contributed by atoms with Crippen molar-refractivity contribution in [1.29, 1.82) is 0 Å². The fraction of sp³-hybridized carbons (Fsp3) is 0.478. The van der Waals surface area contributed by atoms with Crippen molar-refractivity contribution in [3.05, 3.63) is 52.1 Å². The van der Waals surface area contributed by atoms with E-state index in [1.165, 1.54) is 18.4 Å². The van der Waals surface area contributed by atoms with Crippen molar-refractivity contribution in [3.63, 3.8) is 0 Å². The van der Waals surface area contributed by atoms with Crippen molar-refractivity contribution < 1.29 is 22.4 Å². The molecule has 33 heavy (non-hydrogen) atoms. The number of nitrogens with one attached hydrogen (secondary N) is 2. The van der Waals surface area contributed by atoms with Gasteiger partial charge < -0.3 is 20.1 Å². The average Bonchev–Trinajstić information content (AvgIpc) is 3.36. The quantitative estimate of drug-likeness (QED) is 0.634. The molecule has 0 saturated carbocycles. The van der Waals surface area contributed by atoms with Gasteiger partial charge in [-0.2, -0.15) is 0 Å². The van der Waals surface area contributed by atoms with E-state index in [0.717, 1.165) is 29.9 Å². The van der Waals surface area contributed by atoms with Crippen molar-refractivity contribution in [2.45, 2.75) is 39.3 Å². The van der Waals surface area contributed by atoms with Crippen LogP contribution in [0.5, 0.6) is 0 Å². The number of anilines is 1. The molecule has 1 saturated heterocycles. The van der Waals surface area contributed by atoms with Crippen LogP contribution in [0.2, 0.25) is 0 Å². The van der Waals surface area contributed by atoms with Gasteiger partial charge in [0.15, 0.2) is 0 Å². The molecule has 1 fully saturated rings. The predicted octanol–water partition coefficient (Wildman–Crippen LogP) is 1.71. The number of hydrogen-bond acceptors (Lipinski definition) is 5. The Kier molecular flexibility index (Phi) is 6.32. The molecule has 10 heteroatoms. The van der Waals surface area contributed by atoms with Crippen LogP contribution in [0.3, 0.4) is 0 Å². The van der Waals surface area contributed by atoms with E-state index in [1.54, 1.807) is 11.0 Å². The number of fused-ring (bicyclic) bond motifs is 1. The summed E-state index contributed by atoms with van der Waals surface area (Å²) in [7, 11) is -3.02. The molecule has 8 nitrogen and oxygen atoms in total. The van der Waals surface area contributed by atoms with Crippen LogP contribution in [0.1, 0.15) is 39.3 Å². The van der Waals surface area contributed by atoms with E-state index >= 15 is 0 Å². The second kappa shape index (κ2) is 8.90. The zero-order chi connectivity index (χ0) is 23.9. The largest absolute Gasteiger partial charge is 0.360 e. The molecule has 2 aliphatic heterocycles. The summed E-state index contributed by atoms with van der Waals surface area (Å²) in [5.41, 5.74) is 4.19. The summed E-state index contributed by atoms with van der Waals surface area (Å²) in [4.78, 5) is 32.5. The highest BCUT2D eigenvalue weighted by atomic mass is 32.2. The topological polar surface area (TPSA) is 103 Å². The minimum Gasteiger partial charge on any atom is -0.360 e. The fourth-order valence-electron chi connectivity index (χ4n) is 4.70. The van der Waals surface area contributed by atoms with Gasteiger partial charge in [-0.05, 0) is 49.6 Å². The molecular weight excluding hydrogens is 447 g/mol. The highest BCUT2D eigenvalue weighted by Gasteiger charge is 2.30. The van der Waals surface area contributed by atoms with Crippen molar-refractivity contribution in [3.8, 4) is 0 Å². The van der Waals surface area contributed by atoms with Crippen molar-refractivity contribution >= 4 is 27.3 Å². The second-order valence-corrected chi connectivity index (χ2v) is 11.3. The van der Waals surface area contributed by atoms with Gasteiger partial charge in [0.25, 0.3) is 5.91 Å². The number of halogens is 1. The number of carbonyl (C=O) groups excluding carboxylic acids is 2. The summed E-state index contributed by atoms with van der Waals surface area (Å²) in [6.07, 6.45) is 2.15. The molecule has 0 aliphatic carbocycles. The van der Waals surface area contributed by atoms with E-state index < -0.39 is 9.84 Å². The number of rotatable bonds is 7. The van der Waals surface area contributed by atoms with Crippen molar-refractivity contribution in [1.82, 2.24) is 15.2 Å². The Labute approximate surface area is 193 Å². The summed E-state index contributed by atoms with van der Waals surface area (Å²) in [6.45, 7) is 5.79. The number of likely N-dealkylation sites (tertiary alicyclic amines) is 1. The molecule has 1 atom stereocenters. The van der Waals surface area contributed by atoms with Crippen molar-refractivity contribution in [2.24, 2.45) is 0 Å². The minimum atomic E-state index is -3.02. The molecule has 3 heterocycles. The van der Waals surface area contributed by atoms with E-state index in [2.05, 4.69) is 10.3 Å². The van der Waals surface area contributed by atoms with E-state index in [0.29, 0.717) is 29.9 Å². The van der Waals surface area contributed by atoms with Crippen LogP contribution in [0.15, 0.2) is 18.2 Å². The van der Waals surface area contributed by atoms with E-state index in [4.69, 9.17) is 0 Å². The van der Waals surface area contributed by atoms with Gasteiger partial charge in [-0.15, -0.1) is 0 Å². The third kappa shape index (κ3) is 5.11. The Morgan fingerprint density at radius 3 is 2.79 bits per heavy atom. The Hall–Kier alpha value is -2.72. The Morgan fingerprint density at radius 1 is 1.30 bits per heavy atom. The van der Waals surface area contributed by atoms with Gasteiger partial charge in [-0.1, -0.05) is 0 Å². The van der Waals surface area contributed by atoms with Gasteiger partial charge in [-0.25, -0.2) is 12.8 Å². The summed E-state index contributed by atoms with van der Waals surface area (Å²) < 4.78 is 36.3. The predicted molar refractivity (Wildman–Crippen MR) is 124 cm³/mol. The monoisotopic (exact) mass is 476 g/mol. The number of hydrogen-bond donors (Lipinski definition) is 2. The Bertz CT molecular complexity index is 1210. The summed E-state index contributed by atoms with van der Waals surface area (Å²) in [6, 6.07) is 4.30. The lowest BCUT2D eigenvalue weighted by Crippen LogP contribution is -2.38. The molecule has 0 spiro atoms. The highest BCUT2D eigenvalue weighted by Crippen LogP contribution is 2.32. The zero-order valence-corrected chi connectivity index (χ0v) is 19.9. The maximum absolute atomic E-state index is 13.5. The molecule has 2 N–H and O–H groups in total. The molecule has 0 unspecified atom stereocenters. The van der Waals surface area contributed by atoms with Gasteiger partial charge in [0.05, 0.1) is 24.3 Å². The summed E-state index contributed by atoms with van der Waals surface area (Å²) in [5, 5.41) is 3.07. The van der Waals surface area contributed by atoms with Gasteiger partial charge in [0, 0.05) is 49.0 Å². The number of aryl methyl sites for hydroxylation is 1. The molecule has 4 rings (SSSR count). The molecule has 1 aromatic heterocycles. The smallest absolute Gasteiger partial charge is 0.253 e. The highest BCUT2D eigenvalue weighted by molar-refractivity contribution is 7.90. The fourth-order valence-corrected chi connectivity index (χ4v) is 5.29. The van der Waals surface area contributed by atoms with Crippen LogP contribution in [-0.4, -0.2) is 67.8 Å². The van der Waals surface area contributed by atoms with E-state index in [1.807, 2.05) is 18.7 Å². The van der Waals surface area contributed by atoms with Gasteiger partial charge >= 0.3 is 0 Å². The normalized spacial score (nSPS) is 18.7. The number of carbonyl (C=O) groups is 2. The number of aromatic nitrogens is 1.